The first-order valence-electron chi connectivity index (χ1n) is 10.8. The third kappa shape index (κ3) is 4.89. The maximum absolute atomic E-state index is 13.5. The number of rotatable bonds is 7. The molecule has 0 spiro atoms. The van der Waals surface area contributed by atoms with Gasteiger partial charge >= 0.3 is 0 Å². The average Bonchev–Trinajstić information content (AvgIpc) is 3.24. The molecule has 3 aromatic rings. The molecule has 0 unspecified atom stereocenters. The number of thiazole rings is 1. The second kappa shape index (κ2) is 9.77. The molecule has 6 nitrogen and oxygen atoms in total. The maximum Gasteiger partial charge on any atom is 0.260 e. The van der Waals surface area contributed by atoms with Crippen LogP contribution in [0.25, 0.3) is 10.2 Å². The third-order valence-corrected chi connectivity index (χ3v) is 6.78. The van der Waals surface area contributed by atoms with Crippen molar-refractivity contribution >= 4 is 32.6 Å². The Morgan fingerprint density at radius 3 is 2.52 bits per heavy atom. The van der Waals surface area contributed by atoms with E-state index in [1.165, 1.54) is 5.56 Å². The molecule has 164 valence electrons. The Bertz CT molecular complexity index is 1000. The van der Waals surface area contributed by atoms with Gasteiger partial charge in [0, 0.05) is 31.7 Å². The minimum atomic E-state index is -0.0364. The summed E-state index contributed by atoms with van der Waals surface area (Å²) >= 11 is 1.59. The summed E-state index contributed by atoms with van der Waals surface area (Å²) in [6.45, 7) is 11.4. The molecule has 1 amide bonds. The molecule has 1 aliphatic rings. The number of morpholine rings is 1. The molecule has 0 aliphatic carbocycles. The van der Waals surface area contributed by atoms with E-state index in [0.29, 0.717) is 18.7 Å². The Labute approximate surface area is 187 Å². The van der Waals surface area contributed by atoms with Gasteiger partial charge in [0.15, 0.2) is 5.13 Å². The summed E-state index contributed by atoms with van der Waals surface area (Å²) in [4.78, 5) is 22.6. The zero-order valence-corrected chi connectivity index (χ0v) is 19.2. The van der Waals surface area contributed by atoms with Crippen molar-refractivity contribution in [3.8, 4) is 5.75 Å². The van der Waals surface area contributed by atoms with Crippen LogP contribution in [0.2, 0.25) is 0 Å². The van der Waals surface area contributed by atoms with Crippen LogP contribution in [0.1, 0.15) is 28.4 Å². The number of hydrogen-bond donors (Lipinski definition) is 0. The Morgan fingerprint density at radius 2 is 1.84 bits per heavy atom. The number of carbonyl (C=O) groups excluding carboxylic acids is 1. The van der Waals surface area contributed by atoms with Crippen LogP contribution < -0.4 is 9.64 Å². The molecule has 1 fully saturated rings. The predicted molar refractivity (Wildman–Crippen MR) is 126 cm³/mol. The van der Waals surface area contributed by atoms with Gasteiger partial charge in [-0.15, -0.1) is 0 Å². The van der Waals surface area contributed by atoms with Crippen LogP contribution in [0.3, 0.4) is 0 Å². The predicted octanol–water partition coefficient (Wildman–Crippen LogP) is 4.29. The average molecular weight is 440 g/mol. The lowest BCUT2D eigenvalue weighted by Gasteiger charge is -2.29. The molecular formula is C24H29N3O3S. The van der Waals surface area contributed by atoms with Crippen LogP contribution in [-0.2, 0) is 4.74 Å². The molecule has 0 bridgehead atoms. The highest BCUT2D eigenvalue weighted by molar-refractivity contribution is 7.22. The van der Waals surface area contributed by atoms with E-state index < -0.39 is 0 Å². The van der Waals surface area contributed by atoms with Crippen molar-refractivity contribution in [3.63, 3.8) is 0 Å². The molecule has 0 atom stereocenters. The van der Waals surface area contributed by atoms with Crippen molar-refractivity contribution in [2.45, 2.75) is 20.8 Å². The van der Waals surface area contributed by atoms with Crippen molar-refractivity contribution in [2.75, 3.05) is 50.9 Å². The summed E-state index contributed by atoms with van der Waals surface area (Å²) in [5.41, 5.74) is 3.93. The summed E-state index contributed by atoms with van der Waals surface area (Å²) in [5.74, 6) is 0.732. The first-order valence-corrected chi connectivity index (χ1v) is 11.6. The van der Waals surface area contributed by atoms with Crippen molar-refractivity contribution in [3.05, 3.63) is 53.1 Å². The number of anilines is 1. The van der Waals surface area contributed by atoms with Gasteiger partial charge in [0.1, 0.15) is 5.75 Å². The van der Waals surface area contributed by atoms with Gasteiger partial charge in [0.2, 0.25) is 0 Å². The summed E-state index contributed by atoms with van der Waals surface area (Å²) in [6, 6.07) is 11.6. The van der Waals surface area contributed by atoms with Crippen molar-refractivity contribution in [2.24, 2.45) is 0 Å². The maximum atomic E-state index is 13.5. The lowest BCUT2D eigenvalue weighted by atomic mass is 10.1. The Balaban J connectivity index is 1.64. The first-order chi connectivity index (χ1) is 15.1. The number of aromatic nitrogens is 1. The summed E-state index contributed by atoms with van der Waals surface area (Å²) in [5, 5.41) is 0.750. The molecule has 0 N–H and O–H groups in total. The molecule has 0 saturated carbocycles. The van der Waals surface area contributed by atoms with Crippen LogP contribution in [0.15, 0.2) is 36.4 Å². The summed E-state index contributed by atoms with van der Waals surface area (Å²) in [6.07, 6.45) is 0. The standard InChI is InChI=1S/C24H29N3O3S/c1-4-30-20-9-7-19(8-10-20)23(28)27(12-11-26-13-15-29-16-14-26)24-25-21-17(2)5-6-18(3)22(21)31-24/h5-10H,4,11-16H2,1-3H3. The van der Waals surface area contributed by atoms with E-state index in [0.717, 1.165) is 59.5 Å². The van der Waals surface area contributed by atoms with Crippen molar-refractivity contribution in [1.29, 1.82) is 0 Å². The van der Waals surface area contributed by atoms with Crippen LogP contribution in [0, 0.1) is 13.8 Å². The minimum absolute atomic E-state index is 0.0364. The Kier molecular flexibility index (Phi) is 6.85. The smallest absolute Gasteiger partial charge is 0.260 e. The number of fused-ring (bicyclic) bond motifs is 1. The quantitative estimate of drug-likeness (QED) is 0.550. The third-order valence-electron chi connectivity index (χ3n) is 5.56. The molecule has 31 heavy (non-hydrogen) atoms. The van der Waals surface area contributed by atoms with Gasteiger partial charge in [-0.05, 0) is 56.2 Å². The number of benzene rings is 2. The van der Waals surface area contributed by atoms with Crippen LogP contribution in [0.5, 0.6) is 5.75 Å². The van der Waals surface area contributed by atoms with E-state index >= 15 is 0 Å². The zero-order chi connectivity index (χ0) is 21.8. The zero-order valence-electron chi connectivity index (χ0n) is 18.4. The van der Waals surface area contributed by atoms with Crippen LogP contribution in [-0.4, -0.2) is 61.8 Å². The molecule has 2 heterocycles. The Morgan fingerprint density at radius 1 is 1.13 bits per heavy atom. The van der Waals surface area contributed by atoms with E-state index in [-0.39, 0.29) is 5.91 Å². The minimum Gasteiger partial charge on any atom is -0.494 e. The molecular weight excluding hydrogens is 410 g/mol. The SMILES string of the molecule is CCOc1ccc(C(=O)N(CCN2CCOCC2)c2nc3c(C)ccc(C)c3s2)cc1. The molecule has 0 radical (unpaired) electrons. The van der Waals surface area contributed by atoms with Crippen molar-refractivity contribution in [1.82, 2.24) is 9.88 Å². The second-order valence-corrected chi connectivity index (χ2v) is 8.72. The number of aryl methyl sites for hydroxylation is 2. The van der Waals surface area contributed by atoms with Gasteiger partial charge < -0.3 is 9.47 Å². The lowest BCUT2D eigenvalue weighted by molar-refractivity contribution is 0.0391. The van der Waals surface area contributed by atoms with Gasteiger partial charge in [-0.1, -0.05) is 23.5 Å². The van der Waals surface area contributed by atoms with E-state index in [2.05, 4.69) is 30.9 Å². The Hall–Kier alpha value is -2.48. The largest absolute Gasteiger partial charge is 0.494 e. The molecule has 1 saturated heterocycles. The fourth-order valence-electron chi connectivity index (χ4n) is 3.73. The summed E-state index contributed by atoms with van der Waals surface area (Å²) < 4.78 is 12.1. The number of ether oxygens (including phenoxy) is 2. The normalized spacial score (nSPS) is 14.7. The van der Waals surface area contributed by atoms with Gasteiger partial charge in [0.25, 0.3) is 5.91 Å². The molecule has 1 aliphatic heterocycles. The van der Waals surface area contributed by atoms with Gasteiger partial charge in [-0.3, -0.25) is 14.6 Å². The molecule has 4 rings (SSSR count). The molecule has 2 aromatic carbocycles. The lowest BCUT2D eigenvalue weighted by Crippen LogP contribution is -2.43. The highest BCUT2D eigenvalue weighted by Crippen LogP contribution is 2.33. The summed E-state index contributed by atoms with van der Waals surface area (Å²) in [7, 11) is 0. The van der Waals surface area contributed by atoms with E-state index in [1.807, 2.05) is 36.1 Å². The van der Waals surface area contributed by atoms with Gasteiger partial charge in [0.05, 0.1) is 30.0 Å². The van der Waals surface area contributed by atoms with Gasteiger partial charge in [-0.25, -0.2) is 4.98 Å². The van der Waals surface area contributed by atoms with Gasteiger partial charge in [-0.2, -0.15) is 0 Å². The van der Waals surface area contributed by atoms with Crippen LogP contribution >= 0.6 is 11.3 Å². The number of carbonyl (C=O) groups is 1. The highest BCUT2D eigenvalue weighted by Gasteiger charge is 2.23. The topological polar surface area (TPSA) is 54.9 Å². The monoisotopic (exact) mass is 439 g/mol. The number of hydrogen-bond acceptors (Lipinski definition) is 6. The number of nitrogens with zero attached hydrogens (tertiary/aromatic N) is 3. The van der Waals surface area contributed by atoms with E-state index in [1.54, 1.807) is 11.3 Å². The van der Waals surface area contributed by atoms with Crippen LogP contribution in [0.4, 0.5) is 5.13 Å². The first kappa shape index (κ1) is 21.7. The van der Waals surface area contributed by atoms with E-state index in [9.17, 15) is 4.79 Å². The van der Waals surface area contributed by atoms with Crippen molar-refractivity contribution < 1.29 is 14.3 Å². The molecule has 1 aromatic heterocycles. The second-order valence-electron chi connectivity index (χ2n) is 7.74. The fourth-order valence-corrected chi connectivity index (χ4v) is 4.87. The van der Waals surface area contributed by atoms with E-state index in [4.69, 9.17) is 14.5 Å². The molecule has 7 heteroatoms. The fraction of sp³-hybridized carbons (Fsp3) is 0.417. The number of amides is 1. The highest BCUT2D eigenvalue weighted by atomic mass is 32.1.